The molecular weight excluding hydrogens is 1850 g/mol. The quantitative estimate of drug-likeness (QED) is 0.00491. The zero-order valence-corrected chi connectivity index (χ0v) is 75.1. The van der Waals surface area contributed by atoms with Gasteiger partial charge in [-0.2, -0.15) is 0 Å². The molecule has 694 valence electrons. The lowest BCUT2D eigenvalue weighted by molar-refractivity contribution is -0.150. The van der Waals surface area contributed by atoms with Crippen LogP contribution in [0.1, 0.15) is 67.5 Å². The van der Waals surface area contributed by atoms with Crippen molar-refractivity contribution < 1.29 is 107 Å². The molecule has 7 heterocycles. The van der Waals surface area contributed by atoms with Crippen LogP contribution in [0.4, 0.5) is 10.3 Å². The number of hydrogen-bond donors (Lipinski definition) is 21. The molecule has 2 aromatic carbocycles. The predicted octanol–water partition coefficient (Wildman–Crippen LogP) is -5.17. The molecule has 5 aliphatic heterocycles. The molecule has 28 N–H and O–H groups in total. The van der Waals surface area contributed by atoms with Gasteiger partial charge in [-0.05, 0) is 66.5 Å². The van der Waals surface area contributed by atoms with Gasteiger partial charge in [0, 0.05) is 77.6 Å². The monoisotopic (exact) mass is 1940 g/mol. The molecule has 2 aromatic heterocycles. The summed E-state index contributed by atoms with van der Waals surface area (Å²) in [5.74, 6) is -18.6. The number of nitrogens with zero attached hydrogens (tertiary/aromatic N) is 7. The number of β-lactam (4-membered cyclic amide) rings is 2. The molecule has 55 heteroatoms. The number of likely N-dealkylation sites (tertiary alicyclic amines) is 1. The molecule has 4 aromatic rings. The van der Waals surface area contributed by atoms with E-state index in [4.69, 9.17) is 55.2 Å². The highest BCUT2D eigenvalue weighted by molar-refractivity contribution is 8.77. The minimum absolute atomic E-state index is 0.0129. The van der Waals surface area contributed by atoms with Crippen LogP contribution in [0.15, 0.2) is 98.2 Å². The molecule has 129 heavy (non-hydrogen) atoms. The summed E-state index contributed by atoms with van der Waals surface area (Å²) in [7, 11) is 6.38. The Morgan fingerprint density at radius 3 is 1.55 bits per heavy atom. The van der Waals surface area contributed by atoms with Crippen molar-refractivity contribution in [2.75, 3.05) is 79.8 Å². The number of phenols is 1. The van der Waals surface area contributed by atoms with Crippen LogP contribution >= 0.6 is 89.4 Å². The number of carboxylic acid groups (broad SMARTS) is 2. The molecule has 47 nitrogen and oxygen atoms in total. The van der Waals surface area contributed by atoms with Gasteiger partial charge in [-0.3, -0.25) is 87.1 Å². The molecule has 5 aliphatic rings. The molecule has 9 rings (SSSR count). The number of rotatable bonds is 49. The van der Waals surface area contributed by atoms with E-state index in [9.17, 15) is 87.2 Å². The van der Waals surface area contributed by atoms with Gasteiger partial charge in [0.05, 0.1) is 19.0 Å². The summed E-state index contributed by atoms with van der Waals surface area (Å²) in [4.78, 5) is 255. The number of carboxylic acids is 2. The number of aromatic hydroxyl groups is 1. The number of thiazole rings is 2. The molecule has 0 spiro atoms. The number of nitrogen functional groups attached to an aromatic ring is 2. The summed E-state index contributed by atoms with van der Waals surface area (Å²) in [6, 6.07) is -1.74. The number of hydrogen-bond acceptors (Lipinski definition) is 36. The number of guanidine groups is 1. The highest BCUT2D eigenvalue weighted by atomic mass is 33.1. The van der Waals surface area contributed by atoms with Crippen LogP contribution in [0.2, 0.25) is 0 Å². The van der Waals surface area contributed by atoms with Gasteiger partial charge in [0.1, 0.15) is 108 Å². The van der Waals surface area contributed by atoms with Gasteiger partial charge in [0.25, 0.3) is 23.6 Å². The first kappa shape index (κ1) is 101. The normalized spacial score (nSPS) is 18.7. The van der Waals surface area contributed by atoms with Gasteiger partial charge < -0.3 is 123 Å². The number of oxime groups is 2. The van der Waals surface area contributed by atoms with Gasteiger partial charge in [-0.25, -0.2) is 19.6 Å². The first-order valence-corrected chi connectivity index (χ1v) is 47.8. The van der Waals surface area contributed by atoms with Crippen molar-refractivity contribution in [2.24, 2.45) is 39.0 Å². The van der Waals surface area contributed by atoms with E-state index in [1.165, 1.54) is 61.0 Å². The lowest BCUT2D eigenvalue weighted by Crippen LogP contribution is -2.71. The van der Waals surface area contributed by atoms with Crippen molar-refractivity contribution in [3.8, 4) is 5.75 Å². The highest BCUT2D eigenvalue weighted by Crippen LogP contribution is 2.44. The minimum atomic E-state index is -2.04. The maximum absolute atomic E-state index is 15.2. The number of fused-ring (bicyclic) bond motifs is 2. The zero-order chi connectivity index (χ0) is 94.0. The number of phenolic OH excluding ortho intramolecular Hbond substituents is 1. The largest absolute Gasteiger partial charge is 0.508 e. The van der Waals surface area contributed by atoms with Crippen LogP contribution in [0, 0.1) is 5.41 Å². The number of benzene rings is 2. The van der Waals surface area contributed by atoms with Crippen molar-refractivity contribution in [3.05, 3.63) is 110 Å². The maximum Gasteiger partial charge on any atom is 0.352 e. The topological polar surface area (TPSA) is 756 Å². The van der Waals surface area contributed by atoms with E-state index in [0.29, 0.717) is 16.7 Å². The Bertz CT molecular complexity index is 5070. The number of aliphatic carboxylic acids is 2. The predicted molar refractivity (Wildman–Crippen MR) is 479 cm³/mol. The van der Waals surface area contributed by atoms with Crippen LogP contribution in [0.25, 0.3) is 0 Å². The van der Waals surface area contributed by atoms with Crippen molar-refractivity contribution in [1.29, 1.82) is 5.41 Å². The molecule has 15 amide bonds. The Hall–Kier alpha value is -12.2. The SMILES string of the molecule is CO/N=C(\C(=O)N[C@@H]1C(=O)N2C(C(=O)O)=C(CSSC[C@H](NC(=O)[C@H](CC(N)=O)NC(=O)[C@H](CCC(N)=O)NC(=O)[C@H](Cc3ccccc3)NC(=O)[C@H](Cc3ccc(O)cc3)NC(=O)[C@@H](N)CSSCC3=C(C(=O)O)N4C(=O)[C@@H](NC(=O)/C(=N\OC)c5csc(N)n5)[C@H]4SC3)C(=O)N3CCC[C@H]3C(=O)N[C@@H](CCCNC(=N)N)C(=O)NCC(N)=O)CS[C@H]12)c1csc(N)n1. The number of anilines is 2. The van der Waals surface area contributed by atoms with Crippen molar-refractivity contribution in [2.45, 2.75) is 129 Å². The van der Waals surface area contributed by atoms with Crippen molar-refractivity contribution in [3.63, 3.8) is 0 Å². The fourth-order valence-corrected chi connectivity index (χ4v) is 22.0. The van der Waals surface area contributed by atoms with Crippen molar-refractivity contribution >= 4 is 218 Å². The number of carbonyl (C=O) groups is 17. The third-order valence-electron chi connectivity index (χ3n) is 19.6. The Kier molecular flexibility index (Phi) is 37.3. The van der Waals surface area contributed by atoms with E-state index >= 15 is 9.59 Å². The third kappa shape index (κ3) is 27.7. The van der Waals surface area contributed by atoms with E-state index in [1.54, 1.807) is 30.3 Å². The number of thioether (sulfide) groups is 2. The molecule has 0 aliphatic carbocycles. The maximum atomic E-state index is 15.2. The molecule has 0 saturated carbocycles. The van der Waals surface area contributed by atoms with E-state index in [2.05, 4.69) is 73.4 Å². The van der Waals surface area contributed by atoms with E-state index < -0.39 is 209 Å². The van der Waals surface area contributed by atoms with Crippen LogP contribution in [-0.4, -0.2) is 297 Å². The van der Waals surface area contributed by atoms with Gasteiger partial charge in [0.2, 0.25) is 65.0 Å². The first-order valence-electron chi connectivity index (χ1n) is 38.9. The molecule has 3 saturated heterocycles. The molecule has 12 atom stereocenters. The molecule has 0 bridgehead atoms. The summed E-state index contributed by atoms with van der Waals surface area (Å²) in [5.41, 5.74) is 40.2. The van der Waals surface area contributed by atoms with E-state index in [1.807, 2.05) is 0 Å². The molecule has 3 fully saturated rings. The van der Waals surface area contributed by atoms with Crippen LogP contribution in [0.3, 0.4) is 0 Å². The molecule has 0 unspecified atom stereocenters. The highest BCUT2D eigenvalue weighted by Gasteiger charge is 2.56. The fourth-order valence-electron chi connectivity index (χ4n) is 13.4. The summed E-state index contributed by atoms with van der Waals surface area (Å²) in [5, 5.41) is 72.9. The zero-order valence-electron chi connectivity index (χ0n) is 68.5. The number of carbonyl (C=O) groups excluding carboxylic acids is 15. The number of amides is 15. The van der Waals surface area contributed by atoms with Crippen LogP contribution < -0.4 is 93.3 Å². The summed E-state index contributed by atoms with van der Waals surface area (Å²) in [6.45, 7) is -0.692. The number of primary amides is 3. The summed E-state index contributed by atoms with van der Waals surface area (Å²) >= 11 is 4.34. The van der Waals surface area contributed by atoms with E-state index in [0.717, 1.165) is 92.3 Å². The molecular formula is C74H93N25O22S8. The van der Waals surface area contributed by atoms with E-state index in [-0.39, 0.29) is 136 Å². The number of nitrogens with one attached hydrogen (secondary N) is 11. The van der Waals surface area contributed by atoms with Gasteiger partial charge in [-0.1, -0.05) is 96.0 Å². The summed E-state index contributed by atoms with van der Waals surface area (Å²) < 4.78 is 0. The van der Waals surface area contributed by atoms with Crippen LogP contribution in [0.5, 0.6) is 5.75 Å². The lowest BCUT2D eigenvalue weighted by atomic mass is 10.0. The molecule has 0 radical (unpaired) electrons. The smallest absolute Gasteiger partial charge is 0.352 e. The number of nitrogens with two attached hydrogens (primary N) is 7. The Labute approximate surface area is 766 Å². The second-order valence-corrected chi connectivity index (χ2v) is 37.8. The average molecular weight is 1940 g/mol. The average Bonchev–Trinajstić information content (AvgIpc) is 0.932. The Balaban J connectivity index is 0.907. The Morgan fingerprint density at radius 1 is 0.581 bits per heavy atom. The fraction of sp³-hybridized carbons (Fsp3) is 0.432. The van der Waals surface area contributed by atoms with Gasteiger partial charge in [-0.15, -0.1) is 46.2 Å². The standard InChI is InChI=1S/C74H93N25O22S8/c1-120-95-50(43-29-124-73(81)91-43)63(111)93-52-66(114)98-54(70(116)117)34(24-122-68(52)98)26-126-128-28-37(75)56(104)87-40(21-33-12-14-36(100)15-13-33)60(108)88-41(20-32-8-4-3-5-9-32)59(107)85-39(16-17-47(76)101)58(106)89-42(22-48(77)102)61(109)90-45(65(113)97-19-7-11-46(97)62(110)86-38(10-6-18-83-72(79)80)57(105)84-23-49(78)103)31-129-127-27-35-25-123-69-53(67(115)99(69)55(35)71(118)119)94-64(112)51(96-121-2)44-30-125-74(82)92-44/h3-5,8-9,12-15,29-30,37-42,45-46,52-53,68-69,100H,6-7,10-11,16-28,31,75H2,1-2H3,(H2,76,101)(H2,77,102)(H2,78,103)(H2,81,91)(H2,82,92)(H,84,105)(H,85,107)(H,86,110)(H,87,104)(H,88,108)(H,89,106)(H,90,109)(H,93,111)(H,94,112)(H,116,117)(H,118,119)(H4,79,80,83)/b95-50-,96-51-/t37-,38-,39-,40-,41-,42-,45-,46-,52+,53+,68+,69+/m0/s1. The van der Waals surface area contributed by atoms with Crippen molar-refractivity contribution in [1.82, 2.24) is 77.8 Å². The first-order chi connectivity index (χ1) is 61.5. The summed E-state index contributed by atoms with van der Waals surface area (Å²) in [6.07, 6.45) is -2.67. The lowest BCUT2D eigenvalue weighted by Gasteiger charge is -2.49. The second kappa shape index (κ2) is 47.8. The third-order valence-corrected chi connectivity index (χ3v) is 28.4. The Morgan fingerprint density at radius 2 is 1.06 bits per heavy atom. The minimum Gasteiger partial charge on any atom is -0.508 e. The van der Waals surface area contributed by atoms with Gasteiger partial charge in [0.15, 0.2) is 27.6 Å². The second-order valence-electron chi connectivity index (χ2n) is 28.8. The number of aromatic nitrogens is 2. The van der Waals surface area contributed by atoms with Crippen LogP contribution in [-0.2, 0) is 104 Å². The van der Waals surface area contributed by atoms with Gasteiger partial charge >= 0.3 is 11.9 Å².